The molecule has 0 amide bonds. The van der Waals surface area contributed by atoms with Crippen LogP contribution in [-0.4, -0.2) is 19.3 Å². The van der Waals surface area contributed by atoms with Crippen LogP contribution in [0.5, 0.6) is 0 Å². The average Bonchev–Trinajstić information content (AvgIpc) is 2.72. The van der Waals surface area contributed by atoms with E-state index in [9.17, 15) is 0 Å². The molecule has 0 unspecified atom stereocenters. The minimum atomic E-state index is 0.382. The van der Waals surface area contributed by atoms with Gasteiger partial charge in [-0.2, -0.15) is 5.10 Å². The molecule has 2 aromatic rings. The fourth-order valence-corrected chi connectivity index (χ4v) is 1.86. The van der Waals surface area contributed by atoms with Crippen LogP contribution < -0.4 is 5.32 Å². The molecule has 0 fully saturated rings. The Morgan fingerprint density at radius 3 is 2.62 bits per heavy atom. The Hall–Kier alpha value is -1.20. The minimum Gasteiger partial charge on any atom is -0.377 e. The first-order chi connectivity index (χ1) is 7.58. The van der Waals surface area contributed by atoms with Gasteiger partial charge in [0, 0.05) is 20.3 Å². The number of rotatable bonds is 3. The summed E-state index contributed by atoms with van der Waals surface area (Å²) < 4.78 is 3.47. The molecular formula is C9H11Cl2N5. The summed E-state index contributed by atoms with van der Waals surface area (Å²) in [5.41, 5.74) is 1.77. The zero-order valence-electron chi connectivity index (χ0n) is 8.91. The summed E-state index contributed by atoms with van der Waals surface area (Å²) in [6, 6.07) is 0. The fourth-order valence-electron chi connectivity index (χ4n) is 1.36. The second-order valence-electron chi connectivity index (χ2n) is 3.43. The van der Waals surface area contributed by atoms with Gasteiger partial charge in [0.25, 0.3) is 0 Å². The summed E-state index contributed by atoms with van der Waals surface area (Å²) in [6.45, 7) is 0.556. The molecule has 0 aromatic carbocycles. The first-order valence-electron chi connectivity index (χ1n) is 4.67. The topological polar surface area (TPSA) is 47.7 Å². The second-order valence-corrected chi connectivity index (χ2v) is 4.13. The largest absolute Gasteiger partial charge is 0.377 e. The van der Waals surface area contributed by atoms with Crippen LogP contribution >= 0.6 is 23.2 Å². The number of nitrogens with one attached hydrogen (secondary N) is 1. The summed E-state index contributed by atoms with van der Waals surface area (Å²) in [5, 5.41) is 8.04. The van der Waals surface area contributed by atoms with Gasteiger partial charge in [-0.25, -0.2) is 4.98 Å². The van der Waals surface area contributed by atoms with Gasteiger partial charge in [0.1, 0.15) is 0 Å². The third-order valence-corrected chi connectivity index (χ3v) is 2.92. The van der Waals surface area contributed by atoms with E-state index in [2.05, 4.69) is 15.4 Å². The molecule has 0 aliphatic heterocycles. The highest BCUT2D eigenvalue weighted by Gasteiger charge is 2.11. The maximum absolute atomic E-state index is 5.94. The summed E-state index contributed by atoms with van der Waals surface area (Å²) in [7, 11) is 3.68. The third-order valence-electron chi connectivity index (χ3n) is 2.28. The van der Waals surface area contributed by atoms with Gasteiger partial charge in [-0.05, 0) is 11.6 Å². The highest BCUT2D eigenvalue weighted by Crippen LogP contribution is 2.20. The number of nitrogens with zero attached hydrogens (tertiary/aromatic N) is 4. The molecule has 5 nitrogen and oxygen atoms in total. The zero-order valence-corrected chi connectivity index (χ0v) is 10.4. The van der Waals surface area contributed by atoms with Crippen molar-refractivity contribution in [1.29, 1.82) is 0 Å². The van der Waals surface area contributed by atoms with Crippen molar-refractivity contribution in [1.82, 2.24) is 19.3 Å². The molecule has 0 saturated carbocycles. The SMILES string of the molecule is Cn1cc(NCc2c(Cl)nc(Cl)n2C)cn1. The van der Waals surface area contributed by atoms with E-state index < -0.39 is 0 Å². The molecular weight excluding hydrogens is 249 g/mol. The maximum atomic E-state index is 5.94. The first-order valence-corrected chi connectivity index (χ1v) is 5.42. The Kier molecular flexibility index (Phi) is 3.07. The van der Waals surface area contributed by atoms with E-state index in [0.717, 1.165) is 11.4 Å². The number of aromatic nitrogens is 4. The molecule has 0 spiro atoms. The van der Waals surface area contributed by atoms with Crippen molar-refractivity contribution in [3.05, 3.63) is 28.5 Å². The predicted molar refractivity (Wildman–Crippen MR) is 63.8 cm³/mol. The Morgan fingerprint density at radius 1 is 1.38 bits per heavy atom. The van der Waals surface area contributed by atoms with Crippen LogP contribution in [0.25, 0.3) is 0 Å². The standard InChI is InChI=1S/C9H11Cl2N5/c1-15-5-6(3-13-15)12-4-7-8(10)14-9(11)16(7)2/h3,5,12H,4H2,1-2H3. The van der Waals surface area contributed by atoms with Crippen LogP contribution in [0.4, 0.5) is 5.69 Å². The first kappa shape index (κ1) is 11.3. The van der Waals surface area contributed by atoms with Gasteiger partial charge in [-0.15, -0.1) is 0 Å². The van der Waals surface area contributed by atoms with E-state index in [-0.39, 0.29) is 0 Å². The lowest BCUT2D eigenvalue weighted by molar-refractivity contribution is 0.767. The van der Waals surface area contributed by atoms with Crippen molar-refractivity contribution in [2.75, 3.05) is 5.32 Å². The van der Waals surface area contributed by atoms with E-state index in [1.165, 1.54) is 0 Å². The normalized spacial score (nSPS) is 10.8. The van der Waals surface area contributed by atoms with Gasteiger partial charge in [-0.3, -0.25) is 4.68 Å². The lowest BCUT2D eigenvalue weighted by Gasteiger charge is -2.05. The monoisotopic (exact) mass is 259 g/mol. The molecule has 86 valence electrons. The fraction of sp³-hybridized carbons (Fsp3) is 0.333. The Bertz CT molecular complexity index is 502. The van der Waals surface area contributed by atoms with Crippen molar-refractivity contribution < 1.29 is 0 Å². The van der Waals surface area contributed by atoms with Crippen LogP contribution in [0.3, 0.4) is 0 Å². The number of hydrogen-bond donors (Lipinski definition) is 1. The highest BCUT2D eigenvalue weighted by atomic mass is 35.5. The van der Waals surface area contributed by atoms with Crippen LogP contribution in [0, 0.1) is 0 Å². The average molecular weight is 260 g/mol. The summed E-state index contributed by atoms with van der Waals surface area (Å²) >= 11 is 11.8. The van der Waals surface area contributed by atoms with Gasteiger partial charge < -0.3 is 9.88 Å². The maximum Gasteiger partial charge on any atom is 0.204 e. The van der Waals surface area contributed by atoms with Crippen molar-refractivity contribution in [3.63, 3.8) is 0 Å². The van der Waals surface area contributed by atoms with Gasteiger partial charge >= 0.3 is 0 Å². The van der Waals surface area contributed by atoms with Crippen molar-refractivity contribution in [2.24, 2.45) is 14.1 Å². The molecule has 1 N–H and O–H groups in total. The number of halogens is 2. The van der Waals surface area contributed by atoms with Gasteiger partial charge in [0.05, 0.1) is 24.1 Å². The van der Waals surface area contributed by atoms with E-state index >= 15 is 0 Å². The van der Waals surface area contributed by atoms with Crippen molar-refractivity contribution in [2.45, 2.75) is 6.54 Å². The Balaban J connectivity index is 2.10. The van der Waals surface area contributed by atoms with E-state index in [4.69, 9.17) is 23.2 Å². The highest BCUT2D eigenvalue weighted by molar-refractivity contribution is 6.32. The lowest BCUT2D eigenvalue weighted by atomic mass is 10.4. The molecule has 2 aromatic heterocycles. The van der Waals surface area contributed by atoms with E-state index in [0.29, 0.717) is 17.0 Å². The summed E-state index contributed by atoms with van der Waals surface area (Å²) in [6.07, 6.45) is 3.62. The molecule has 0 aliphatic carbocycles. The van der Waals surface area contributed by atoms with Gasteiger partial charge in [0.2, 0.25) is 5.28 Å². The summed E-state index contributed by atoms with van der Waals surface area (Å²) in [5.74, 6) is 0. The predicted octanol–water partition coefficient (Wildman–Crippen LogP) is 2.07. The zero-order chi connectivity index (χ0) is 11.7. The molecule has 0 aliphatic rings. The molecule has 0 bridgehead atoms. The number of aryl methyl sites for hydroxylation is 1. The molecule has 0 atom stereocenters. The van der Waals surface area contributed by atoms with Crippen molar-refractivity contribution in [3.8, 4) is 0 Å². The number of imidazole rings is 1. The van der Waals surface area contributed by atoms with Gasteiger partial charge in [0.15, 0.2) is 5.15 Å². The molecule has 0 radical (unpaired) electrons. The van der Waals surface area contributed by atoms with Crippen LogP contribution in [-0.2, 0) is 20.6 Å². The third kappa shape index (κ3) is 2.15. The molecule has 7 heteroatoms. The lowest BCUT2D eigenvalue weighted by Crippen LogP contribution is -2.04. The van der Waals surface area contributed by atoms with Crippen LogP contribution in [0.2, 0.25) is 10.4 Å². The van der Waals surface area contributed by atoms with E-state index in [1.54, 1.807) is 15.4 Å². The molecule has 2 rings (SSSR count). The smallest absolute Gasteiger partial charge is 0.204 e. The Morgan fingerprint density at radius 2 is 2.12 bits per heavy atom. The van der Waals surface area contributed by atoms with E-state index in [1.807, 2.05) is 20.3 Å². The Labute approximate surface area is 103 Å². The quantitative estimate of drug-likeness (QED) is 0.919. The van der Waals surface area contributed by atoms with Crippen LogP contribution in [0.1, 0.15) is 5.69 Å². The molecule has 2 heterocycles. The van der Waals surface area contributed by atoms with Gasteiger partial charge in [-0.1, -0.05) is 11.6 Å². The molecule has 0 saturated heterocycles. The second kappa shape index (κ2) is 4.35. The number of anilines is 1. The minimum absolute atomic E-state index is 0.382. The summed E-state index contributed by atoms with van der Waals surface area (Å²) in [4.78, 5) is 3.96. The van der Waals surface area contributed by atoms with Crippen molar-refractivity contribution >= 4 is 28.9 Å². The molecule has 16 heavy (non-hydrogen) atoms. The number of hydrogen-bond acceptors (Lipinski definition) is 3. The van der Waals surface area contributed by atoms with Crippen LogP contribution in [0.15, 0.2) is 12.4 Å².